The highest BCUT2D eigenvalue weighted by atomic mass is 16.6. The lowest BCUT2D eigenvalue weighted by Crippen LogP contribution is -2.36. The first kappa shape index (κ1) is 18.2. The van der Waals surface area contributed by atoms with Crippen LogP contribution in [-0.4, -0.2) is 27.4 Å². The van der Waals surface area contributed by atoms with Crippen LogP contribution in [0.5, 0.6) is 0 Å². The van der Waals surface area contributed by atoms with Crippen molar-refractivity contribution in [2.24, 2.45) is 0 Å². The van der Waals surface area contributed by atoms with Gasteiger partial charge in [0.25, 0.3) is 0 Å². The summed E-state index contributed by atoms with van der Waals surface area (Å²) in [6.45, 7) is 2.05. The minimum Gasteiger partial charge on any atom is -0.350 e. The molecule has 2 unspecified atom stereocenters. The number of benzene rings is 1. The standard InChI is InChI=1S/C21H22N4O3/c1-14-9-11-15(12-10-14)16-6-5-7-17(16)23(2)20-19(25(27)28)21(26)24-13-4-3-8-18(24)22-20/h3-4,8-13,16-17H,5-7H2,1-2H3. The van der Waals surface area contributed by atoms with Crippen LogP contribution in [0.15, 0.2) is 53.5 Å². The van der Waals surface area contributed by atoms with Crippen molar-refractivity contribution in [3.8, 4) is 0 Å². The Balaban J connectivity index is 1.80. The first-order valence-electron chi connectivity index (χ1n) is 9.42. The van der Waals surface area contributed by atoms with Crippen molar-refractivity contribution < 1.29 is 4.92 Å². The van der Waals surface area contributed by atoms with Crippen LogP contribution in [0.4, 0.5) is 11.5 Å². The van der Waals surface area contributed by atoms with Gasteiger partial charge in [0.05, 0.1) is 4.92 Å². The van der Waals surface area contributed by atoms with E-state index in [0.717, 1.165) is 19.3 Å². The summed E-state index contributed by atoms with van der Waals surface area (Å²) in [6.07, 6.45) is 4.46. The summed E-state index contributed by atoms with van der Waals surface area (Å²) >= 11 is 0. The number of hydrogen-bond donors (Lipinski definition) is 0. The molecule has 0 bridgehead atoms. The van der Waals surface area contributed by atoms with Gasteiger partial charge in [0.15, 0.2) is 0 Å². The molecule has 2 atom stereocenters. The zero-order valence-corrected chi connectivity index (χ0v) is 15.9. The average Bonchev–Trinajstić information content (AvgIpc) is 3.17. The van der Waals surface area contributed by atoms with Crippen molar-refractivity contribution >= 4 is 17.2 Å². The van der Waals surface area contributed by atoms with Gasteiger partial charge < -0.3 is 4.90 Å². The highest BCUT2D eigenvalue weighted by Crippen LogP contribution is 2.40. The number of fused-ring (bicyclic) bond motifs is 1. The largest absolute Gasteiger partial charge is 0.376 e. The van der Waals surface area contributed by atoms with Gasteiger partial charge in [-0.15, -0.1) is 0 Å². The van der Waals surface area contributed by atoms with Gasteiger partial charge in [-0.25, -0.2) is 4.98 Å². The van der Waals surface area contributed by atoms with E-state index in [1.807, 2.05) is 11.9 Å². The first-order chi connectivity index (χ1) is 13.5. The molecule has 0 saturated heterocycles. The first-order valence-corrected chi connectivity index (χ1v) is 9.42. The summed E-state index contributed by atoms with van der Waals surface area (Å²) in [5.41, 5.74) is 1.71. The fourth-order valence-corrected chi connectivity index (χ4v) is 4.24. The molecule has 2 heterocycles. The molecule has 1 aliphatic carbocycles. The minimum absolute atomic E-state index is 0.0551. The van der Waals surface area contributed by atoms with Crippen LogP contribution in [0.3, 0.4) is 0 Å². The summed E-state index contributed by atoms with van der Waals surface area (Å²) < 4.78 is 1.22. The zero-order chi connectivity index (χ0) is 19.8. The third kappa shape index (κ3) is 3.02. The monoisotopic (exact) mass is 378 g/mol. The Bertz CT molecular complexity index is 1090. The fourth-order valence-electron chi connectivity index (χ4n) is 4.24. The highest BCUT2D eigenvalue weighted by molar-refractivity contribution is 5.62. The molecule has 4 rings (SSSR count). The normalized spacial score (nSPS) is 19.1. The Kier molecular flexibility index (Phi) is 4.58. The number of hydrogen-bond acceptors (Lipinski definition) is 5. The van der Waals surface area contributed by atoms with E-state index in [4.69, 9.17) is 0 Å². The van der Waals surface area contributed by atoms with Crippen LogP contribution in [0, 0.1) is 17.0 Å². The van der Waals surface area contributed by atoms with Crippen LogP contribution >= 0.6 is 0 Å². The number of rotatable bonds is 4. The van der Waals surface area contributed by atoms with Crippen LogP contribution in [-0.2, 0) is 0 Å². The lowest BCUT2D eigenvalue weighted by atomic mass is 9.92. The Morgan fingerprint density at radius 2 is 1.93 bits per heavy atom. The predicted molar refractivity (Wildman–Crippen MR) is 108 cm³/mol. The highest BCUT2D eigenvalue weighted by Gasteiger charge is 2.36. The van der Waals surface area contributed by atoms with E-state index in [2.05, 4.69) is 36.2 Å². The topological polar surface area (TPSA) is 80.8 Å². The molecule has 7 nitrogen and oxygen atoms in total. The number of nitro groups is 1. The number of pyridine rings is 1. The van der Waals surface area contributed by atoms with E-state index in [1.54, 1.807) is 18.2 Å². The Hall–Kier alpha value is -3.22. The molecular weight excluding hydrogens is 356 g/mol. The molecule has 1 aromatic carbocycles. The van der Waals surface area contributed by atoms with Crippen LogP contribution < -0.4 is 10.5 Å². The van der Waals surface area contributed by atoms with Crippen molar-refractivity contribution in [1.82, 2.24) is 9.38 Å². The number of nitrogens with zero attached hydrogens (tertiary/aromatic N) is 4. The molecule has 1 aliphatic rings. The average molecular weight is 378 g/mol. The molecule has 0 aliphatic heterocycles. The van der Waals surface area contributed by atoms with E-state index in [1.165, 1.54) is 21.7 Å². The Morgan fingerprint density at radius 1 is 1.18 bits per heavy atom. The maximum atomic E-state index is 12.8. The van der Waals surface area contributed by atoms with E-state index < -0.39 is 16.2 Å². The van der Waals surface area contributed by atoms with Crippen LogP contribution in [0.2, 0.25) is 0 Å². The number of likely N-dealkylation sites (N-methyl/N-ethyl adjacent to an activating group) is 1. The second kappa shape index (κ2) is 7.07. The molecule has 3 aromatic rings. The van der Waals surface area contributed by atoms with Gasteiger partial charge in [0, 0.05) is 25.2 Å². The van der Waals surface area contributed by atoms with E-state index in [-0.39, 0.29) is 17.8 Å². The van der Waals surface area contributed by atoms with Gasteiger partial charge in [0.1, 0.15) is 5.65 Å². The second-order valence-electron chi connectivity index (χ2n) is 7.40. The van der Waals surface area contributed by atoms with E-state index >= 15 is 0 Å². The van der Waals surface area contributed by atoms with Gasteiger partial charge >= 0.3 is 11.2 Å². The molecule has 0 N–H and O–H groups in total. The van der Waals surface area contributed by atoms with Crippen molar-refractivity contribution in [1.29, 1.82) is 0 Å². The molecule has 1 saturated carbocycles. The Morgan fingerprint density at radius 3 is 2.64 bits per heavy atom. The lowest BCUT2D eigenvalue weighted by molar-refractivity contribution is -0.385. The van der Waals surface area contributed by atoms with Crippen molar-refractivity contribution in [3.05, 3.63) is 80.3 Å². The van der Waals surface area contributed by atoms with Gasteiger partial charge in [0.2, 0.25) is 5.82 Å². The molecule has 7 heteroatoms. The molecule has 28 heavy (non-hydrogen) atoms. The number of aromatic nitrogens is 2. The van der Waals surface area contributed by atoms with Gasteiger partial charge in [-0.05, 0) is 37.5 Å². The van der Waals surface area contributed by atoms with E-state index in [0.29, 0.717) is 5.65 Å². The predicted octanol–water partition coefficient (Wildman–Crippen LogP) is 3.68. The summed E-state index contributed by atoms with van der Waals surface area (Å²) in [5.74, 6) is 0.395. The molecule has 0 amide bonds. The number of aryl methyl sites for hydroxylation is 1. The maximum Gasteiger partial charge on any atom is 0.376 e. The Labute approximate surface area is 162 Å². The molecule has 1 fully saturated rings. The van der Waals surface area contributed by atoms with Gasteiger partial charge in [-0.3, -0.25) is 19.3 Å². The third-order valence-electron chi connectivity index (χ3n) is 5.69. The zero-order valence-electron chi connectivity index (χ0n) is 15.9. The third-order valence-corrected chi connectivity index (χ3v) is 5.69. The van der Waals surface area contributed by atoms with Crippen molar-refractivity contribution in [2.45, 2.75) is 38.1 Å². The van der Waals surface area contributed by atoms with Gasteiger partial charge in [-0.1, -0.05) is 42.3 Å². The second-order valence-corrected chi connectivity index (χ2v) is 7.40. The van der Waals surface area contributed by atoms with Gasteiger partial charge in [-0.2, -0.15) is 0 Å². The summed E-state index contributed by atoms with van der Waals surface area (Å²) in [7, 11) is 1.81. The maximum absolute atomic E-state index is 12.8. The lowest BCUT2D eigenvalue weighted by Gasteiger charge is -2.30. The molecular formula is C21H22N4O3. The van der Waals surface area contributed by atoms with E-state index in [9.17, 15) is 14.9 Å². The molecule has 0 radical (unpaired) electrons. The van der Waals surface area contributed by atoms with Crippen LogP contribution in [0.25, 0.3) is 5.65 Å². The SMILES string of the molecule is Cc1ccc(C2CCCC2N(C)c2nc3ccccn3c(=O)c2[N+](=O)[O-])cc1. The summed E-state index contributed by atoms with van der Waals surface area (Å²) in [4.78, 5) is 30.2. The summed E-state index contributed by atoms with van der Waals surface area (Å²) in [6, 6.07) is 13.6. The molecule has 2 aromatic heterocycles. The summed E-state index contributed by atoms with van der Waals surface area (Å²) in [5, 5.41) is 11.7. The smallest absolute Gasteiger partial charge is 0.350 e. The number of anilines is 1. The minimum atomic E-state index is -0.651. The molecule has 144 valence electrons. The van der Waals surface area contributed by atoms with Crippen LogP contribution in [0.1, 0.15) is 36.3 Å². The fraction of sp³-hybridized carbons (Fsp3) is 0.333. The van der Waals surface area contributed by atoms with Crippen molar-refractivity contribution in [3.63, 3.8) is 0 Å². The quantitative estimate of drug-likeness (QED) is 0.511. The van der Waals surface area contributed by atoms with Crippen molar-refractivity contribution in [2.75, 3.05) is 11.9 Å². The molecule has 0 spiro atoms.